The van der Waals surface area contributed by atoms with Gasteiger partial charge in [-0.15, -0.1) is 0 Å². The Balaban J connectivity index is 3.05. The molecule has 0 amide bonds. The van der Waals surface area contributed by atoms with Crippen molar-refractivity contribution < 1.29 is 9.47 Å². The summed E-state index contributed by atoms with van der Waals surface area (Å²) in [4.78, 5) is 0. The molecule has 0 N–H and O–H groups in total. The maximum atomic E-state index is 5.74. The molecule has 1 rings (SSSR count). The molecule has 0 aliphatic rings. The van der Waals surface area contributed by atoms with Crippen LogP contribution >= 0.6 is 15.9 Å². The molecular weight excluding hydrogens is 268 g/mol. The summed E-state index contributed by atoms with van der Waals surface area (Å²) < 4.78 is 11.9. The number of ether oxygens (including phenoxy) is 2. The molecule has 0 unspecified atom stereocenters. The molecule has 0 atom stereocenters. The Morgan fingerprint density at radius 1 is 1.44 bits per heavy atom. The monoisotopic (exact) mass is 284 g/mol. The van der Waals surface area contributed by atoms with Gasteiger partial charge in [-0.3, -0.25) is 0 Å². The molecule has 0 radical (unpaired) electrons. The van der Waals surface area contributed by atoms with Crippen molar-refractivity contribution >= 4 is 22.0 Å². The maximum Gasteiger partial charge on any atom is 0.175 e. The highest BCUT2D eigenvalue weighted by molar-refractivity contribution is 9.10. The van der Waals surface area contributed by atoms with Crippen molar-refractivity contribution in [1.82, 2.24) is 0 Å². The van der Waals surface area contributed by atoms with Crippen LogP contribution in [0.15, 0.2) is 23.2 Å². The minimum atomic E-state index is 0.476. The summed E-state index contributed by atoms with van der Waals surface area (Å²) in [5.74, 6) is 1.95. The summed E-state index contributed by atoms with van der Waals surface area (Å²) in [5, 5.41) is 0. The van der Waals surface area contributed by atoms with Crippen LogP contribution in [0.1, 0.15) is 19.4 Å². The third kappa shape index (κ3) is 3.01. The van der Waals surface area contributed by atoms with Gasteiger partial charge in [-0.05, 0) is 39.5 Å². The third-order valence-electron chi connectivity index (χ3n) is 2.09. The van der Waals surface area contributed by atoms with Gasteiger partial charge in [0.15, 0.2) is 11.5 Å². The van der Waals surface area contributed by atoms with E-state index >= 15 is 0 Å². The van der Waals surface area contributed by atoms with Gasteiger partial charge in [0, 0.05) is 0 Å². The Labute approximate surface area is 105 Å². The van der Waals surface area contributed by atoms with E-state index < -0.39 is 0 Å². The van der Waals surface area contributed by atoms with Gasteiger partial charge in [0.2, 0.25) is 0 Å². The summed E-state index contributed by atoms with van der Waals surface area (Å²) in [7, 11) is 1.64. The lowest BCUT2D eigenvalue weighted by molar-refractivity contribution is 0.255. The first kappa shape index (κ1) is 13.1. The fourth-order valence-corrected chi connectivity index (χ4v) is 1.86. The van der Waals surface area contributed by atoms with E-state index in [2.05, 4.69) is 36.4 Å². The molecular formula is C13H17BrO2. The topological polar surface area (TPSA) is 18.5 Å². The first-order chi connectivity index (χ1) is 7.60. The lowest BCUT2D eigenvalue weighted by Gasteiger charge is -2.15. The van der Waals surface area contributed by atoms with E-state index in [0.717, 1.165) is 21.5 Å². The van der Waals surface area contributed by atoms with Crippen molar-refractivity contribution in [3.8, 4) is 11.5 Å². The number of methoxy groups -OCH3 is 1. The summed E-state index contributed by atoms with van der Waals surface area (Å²) in [6.07, 6.45) is 1.78. The second-order valence-electron chi connectivity index (χ2n) is 3.91. The molecule has 1 aromatic carbocycles. The van der Waals surface area contributed by atoms with E-state index in [4.69, 9.17) is 9.47 Å². The zero-order valence-electron chi connectivity index (χ0n) is 9.92. The van der Waals surface area contributed by atoms with Gasteiger partial charge in [-0.2, -0.15) is 0 Å². The van der Waals surface area contributed by atoms with Gasteiger partial charge in [-0.1, -0.05) is 26.5 Å². The lowest BCUT2D eigenvalue weighted by Crippen LogP contribution is -2.06. The molecule has 0 saturated heterocycles. The molecule has 0 heterocycles. The first-order valence-electron chi connectivity index (χ1n) is 5.21. The number of rotatable bonds is 5. The SMILES string of the molecule is C=Cc1ccc(OC)c(OCC(C)C)c1Br. The Bertz CT molecular complexity index is 372. The minimum Gasteiger partial charge on any atom is -0.493 e. The molecule has 88 valence electrons. The van der Waals surface area contributed by atoms with Crippen LogP contribution in [-0.2, 0) is 0 Å². The van der Waals surface area contributed by atoms with E-state index in [0.29, 0.717) is 12.5 Å². The number of hydrogen-bond acceptors (Lipinski definition) is 2. The smallest absolute Gasteiger partial charge is 0.175 e. The fourth-order valence-electron chi connectivity index (χ4n) is 1.26. The molecule has 1 aromatic rings. The zero-order valence-corrected chi connectivity index (χ0v) is 11.5. The lowest BCUT2D eigenvalue weighted by atomic mass is 10.2. The van der Waals surface area contributed by atoms with Gasteiger partial charge in [0.05, 0.1) is 18.2 Å². The second kappa shape index (κ2) is 5.94. The molecule has 0 fully saturated rings. The average molecular weight is 285 g/mol. The zero-order chi connectivity index (χ0) is 12.1. The quantitative estimate of drug-likeness (QED) is 0.809. The third-order valence-corrected chi connectivity index (χ3v) is 2.91. The Kier molecular flexibility index (Phi) is 4.87. The van der Waals surface area contributed by atoms with Gasteiger partial charge in [0.25, 0.3) is 0 Å². The highest BCUT2D eigenvalue weighted by atomic mass is 79.9. The number of halogens is 1. The summed E-state index contributed by atoms with van der Waals surface area (Å²) in [6.45, 7) is 8.64. The fraction of sp³-hybridized carbons (Fsp3) is 0.385. The van der Waals surface area contributed by atoms with Gasteiger partial charge in [0.1, 0.15) is 0 Å². The number of hydrogen-bond donors (Lipinski definition) is 0. The van der Waals surface area contributed by atoms with E-state index in [1.807, 2.05) is 12.1 Å². The second-order valence-corrected chi connectivity index (χ2v) is 4.70. The van der Waals surface area contributed by atoms with Crippen molar-refractivity contribution in [3.63, 3.8) is 0 Å². The molecule has 2 nitrogen and oxygen atoms in total. The molecule has 0 spiro atoms. The predicted octanol–water partition coefficient (Wildman–Crippen LogP) is 4.14. The van der Waals surface area contributed by atoms with E-state index in [1.165, 1.54) is 0 Å². The summed E-state index contributed by atoms with van der Waals surface area (Å²) in [6, 6.07) is 3.83. The van der Waals surface area contributed by atoms with Gasteiger partial charge < -0.3 is 9.47 Å². The highest BCUT2D eigenvalue weighted by Gasteiger charge is 2.12. The average Bonchev–Trinajstić information content (AvgIpc) is 2.26. The van der Waals surface area contributed by atoms with Crippen LogP contribution in [0.4, 0.5) is 0 Å². The van der Waals surface area contributed by atoms with Crippen LogP contribution in [0.25, 0.3) is 6.08 Å². The standard InChI is InChI=1S/C13H17BrO2/c1-5-10-6-7-11(15-4)13(12(10)14)16-8-9(2)3/h5-7,9H,1,8H2,2-4H3. The molecule has 0 aromatic heterocycles. The molecule has 0 bridgehead atoms. The largest absolute Gasteiger partial charge is 0.493 e. The first-order valence-corrected chi connectivity index (χ1v) is 6.01. The molecule has 0 aliphatic heterocycles. The van der Waals surface area contributed by atoms with Crippen LogP contribution in [0, 0.1) is 5.92 Å². The van der Waals surface area contributed by atoms with Crippen molar-refractivity contribution in [1.29, 1.82) is 0 Å². The summed E-state index contributed by atoms with van der Waals surface area (Å²) in [5.41, 5.74) is 1.000. The van der Waals surface area contributed by atoms with Crippen LogP contribution in [0.2, 0.25) is 0 Å². The Hall–Kier alpha value is -0.960. The predicted molar refractivity (Wildman–Crippen MR) is 71.1 cm³/mol. The summed E-state index contributed by atoms with van der Waals surface area (Å²) >= 11 is 3.51. The van der Waals surface area contributed by atoms with Crippen LogP contribution in [0.3, 0.4) is 0 Å². The van der Waals surface area contributed by atoms with Gasteiger partial charge >= 0.3 is 0 Å². The molecule has 3 heteroatoms. The number of benzene rings is 1. The van der Waals surface area contributed by atoms with Crippen molar-refractivity contribution in [2.45, 2.75) is 13.8 Å². The maximum absolute atomic E-state index is 5.74. The van der Waals surface area contributed by atoms with Crippen LogP contribution < -0.4 is 9.47 Å². The normalized spacial score (nSPS) is 10.3. The highest BCUT2D eigenvalue weighted by Crippen LogP contribution is 2.38. The Morgan fingerprint density at radius 2 is 2.12 bits per heavy atom. The van der Waals surface area contributed by atoms with E-state index in [9.17, 15) is 0 Å². The molecule has 16 heavy (non-hydrogen) atoms. The molecule has 0 saturated carbocycles. The van der Waals surface area contributed by atoms with Crippen LogP contribution in [0.5, 0.6) is 11.5 Å². The van der Waals surface area contributed by atoms with Crippen molar-refractivity contribution in [3.05, 3.63) is 28.7 Å². The Morgan fingerprint density at radius 3 is 2.62 bits per heavy atom. The van der Waals surface area contributed by atoms with Gasteiger partial charge in [-0.25, -0.2) is 0 Å². The van der Waals surface area contributed by atoms with E-state index in [1.54, 1.807) is 13.2 Å². The van der Waals surface area contributed by atoms with E-state index in [-0.39, 0.29) is 0 Å². The van der Waals surface area contributed by atoms with Crippen molar-refractivity contribution in [2.24, 2.45) is 5.92 Å². The molecule has 0 aliphatic carbocycles. The minimum absolute atomic E-state index is 0.476. The van der Waals surface area contributed by atoms with Crippen LogP contribution in [-0.4, -0.2) is 13.7 Å². The van der Waals surface area contributed by atoms with Crippen molar-refractivity contribution in [2.75, 3.05) is 13.7 Å².